The molecular weight excluding hydrogens is 410 g/mol. The third-order valence-electron chi connectivity index (χ3n) is 5.42. The van der Waals surface area contributed by atoms with E-state index in [2.05, 4.69) is 15.0 Å². The molecule has 0 saturated carbocycles. The van der Waals surface area contributed by atoms with Crippen LogP contribution in [-0.2, 0) is 6.42 Å². The zero-order chi connectivity index (χ0) is 21.4. The number of carbonyl (C=O) groups excluding carboxylic acids is 1. The minimum absolute atomic E-state index is 0.0911. The molecule has 2 aromatic rings. The molecule has 6 heteroatoms. The number of aliphatic imine (C=N–C) groups is 2. The highest BCUT2D eigenvalue weighted by atomic mass is 35.5. The van der Waals surface area contributed by atoms with Gasteiger partial charge >= 0.3 is 0 Å². The average Bonchev–Trinajstić information content (AvgIpc) is 3.20. The molecule has 2 heterocycles. The normalized spacial score (nSPS) is 16.9. The van der Waals surface area contributed by atoms with Gasteiger partial charge in [-0.15, -0.1) is 0 Å². The van der Waals surface area contributed by atoms with Crippen molar-refractivity contribution in [3.63, 3.8) is 0 Å². The van der Waals surface area contributed by atoms with Gasteiger partial charge in [0.2, 0.25) is 0 Å². The van der Waals surface area contributed by atoms with Gasteiger partial charge in [0.1, 0.15) is 0 Å². The molecule has 0 unspecified atom stereocenters. The number of pyridine rings is 1. The summed E-state index contributed by atoms with van der Waals surface area (Å²) in [4.78, 5) is 37.9. The summed E-state index contributed by atoms with van der Waals surface area (Å²) in [5.41, 5.74) is 4.37. The van der Waals surface area contributed by atoms with Gasteiger partial charge in [0.25, 0.3) is 5.56 Å². The quantitative estimate of drug-likeness (QED) is 0.550. The maximum Gasteiger partial charge on any atom is 0.260 e. The molecule has 0 amide bonds. The lowest BCUT2D eigenvalue weighted by Crippen LogP contribution is -2.22. The first kappa shape index (κ1) is 19.4. The number of nitrogens with zero attached hydrogens (tertiary/aromatic N) is 2. The standard InChI is InChI=1S/C25H18ClN3O2/c26-16-10-11-18-17(14-16)23(15-6-2-1-3-7-15)24(25(31)29-18)21(30)12-13-22-27-19-8-4-5-9-20(19)28-22/h1-8,12-14H,9-11H2,(H,29,31). The van der Waals surface area contributed by atoms with Crippen molar-refractivity contribution in [1.29, 1.82) is 0 Å². The maximum atomic E-state index is 13.2. The van der Waals surface area contributed by atoms with E-state index >= 15 is 0 Å². The molecule has 1 aliphatic heterocycles. The van der Waals surface area contributed by atoms with Gasteiger partial charge in [-0.2, -0.15) is 0 Å². The third-order valence-corrected chi connectivity index (χ3v) is 5.72. The number of halogens is 1. The fourth-order valence-electron chi connectivity index (χ4n) is 3.97. The van der Waals surface area contributed by atoms with Gasteiger partial charge in [-0.1, -0.05) is 54.1 Å². The predicted molar refractivity (Wildman–Crippen MR) is 125 cm³/mol. The number of hydrogen-bond acceptors (Lipinski definition) is 4. The fraction of sp³-hybridized carbons (Fsp3) is 0.120. The number of H-pyrrole nitrogens is 1. The Morgan fingerprint density at radius 3 is 2.77 bits per heavy atom. The van der Waals surface area contributed by atoms with Crippen molar-refractivity contribution in [2.24, 2.45) is 9.98 Å². The number of carbonyl (C=O) groups is 1. The number of fused-ring (bicyclic) bond motifs is 2. The van der Waals surface area contributed by atoms with Crippen LogP contribution >= 0.6 is 11.6 Å². The lowest BCUT2D eigenvalue weighted by Gasteiger charge is -2.19. The zero-order valence-electron chi connectivity index (χ0n) is 16.6. The zero-order valence-corrected chi connectivity index (χ0v) is 17.3. The van der Waals surface area contributed by atoms with Crippen LogP contribution in [0.5, 0.6) is 0 Å². The van der Waals surface area contributed by atoms with Gasteiger partial charge in [-0.05, 0) is 42.7 Å². The summed E-state index contributed by atoms with van der Waals surface area (Å²) in [6.45, 7) is 0. The SMILES string of the molecule is O=C(C=CC1=NC2=CC=CCC2=N1)c1c(-c2ccccc2)c2c([nH]c1=O)CCC(Cl)=C2. The number of aromatic nitrogens is 1. The van der Waals surface area contributed by atoms with Crippen LogP contribution in [0.2, 0.25) is 0 Å². The van der Waals surface area contributed by atoms with Gasteiger partial charge in [-0.25, -0.2) is 9.98 Å². The van der Waals surface area contributed by atoms with Crippen molar-refractivity contribution in [2.75, 3.05) is 0 Å². The molecule has 1 aromatic carbocycles. The molecule has 0 bridgehead atoms. The van der Waals surface area contributed by atoms with E-state index in [0.29, 0.717) is 29.3 Å². The molecule has 0 fully saturated rings. The molecule has 0 radical (unpaired) electrons. The van der Waals surface area contributed by atoms with Crippen molar-refractivity contribution in [1.82, 2.24) is 4.98 Å². The fourth-order valence-corrected chi connectivity index (χ4v) is 4.18. The second-order valence-corrected chi connectivity index (χ2v) is 7.95. The van der Waals surface area contributed by atoms with Crippen molar-refractivity contribution in [3.05, 3.63) is 98.6 Å². The minimum atomic E-state index is -0.404. The molecule has 5 rings (SSSR count). The van der Waals surface area contributed by atoms with Crippen molar-refractivity contribution in [2.45, 2.75) is 19.3 Å². The lowest BCUT2D eigenvalue weighted by molar-refractivity contribution is 0.104. The molecule has 3 aliphatic rings. The van der Waals surface area contributed by atoms with Gasteiger partial charge < -0.3 is 4.98 Å². The number of ketones is 1. The smallest absolute Gasteiger partial charge is 0.260 e. The highest BCUT2D eigenvalue weighted by Crippen LogP contribution is 2.34. The Hall–Kier alpha value is -3.57. The summed E-state index contributed by atoms with van der Waals surface area (Å²) < 4.78 is 0. The van der Waals surface area contributed by atoms with E-state index < -0.39 is 11.3 Å². The first-order valence-electron chi connectivity index (χ1n) is 10.1. The molecule has 0 spiro atoms. The molecule has 2 aliphatic carbocycles. The van der Waals surface area contributed by atoms with Crippen LogP contribution in [0.3, 0.4) is 0 Å². The van der Waals surface area contributed by atoms with E-state index in [1.807, 2.05) is 54.6 Å². The van der Waals surface area contributed by atoms with Crippen LogP contribution in [0.4, 0.5) is 0 Å². The number of aryl methyl sites for hydroxylation is 1. The lowest BCUT2D eigenvalue weighted by atomic mass is 9.89. The number of benzene rings is 1. The van der Waals surface area contributed by atoms with E-state index in [0.717, 1.165) is 34.7 Å². The Kier molecular flexibility index (Phi) is 4.96. The number of hydrogen-bond donors (Lipinski definition) is 1. The van der Waals surface area contributed by atoms with Gasteiger partial charge in [-0.3, -0.25) is 9.59 Å². The van der Waals surface area contributed by atoms with Crippen molar-refractivity contribution in [3.8, 4) is 11.1 Å². The van der Waals surface area contributed by atoms with Crippen LogP contribution < -0.4 is 5.56 Å². The summed E-state index contributed by atoms with van der Waals surface area (Å²) in [6, 6.07) is 9.45. The molecule has 1 aromatic heterocycles. The van der Waals surface area contributed by atoms with Gasteiger partial charge in [0.15, 0.2) is 11.6 Å². The summed E-state index contributed by atoms with van der Waals surface area (Å²) in [7, 11) is 0. The monoisotopic (exact) mass is 427 g/mol. The van der Waals surface area contributed by atoms with Crippen molar-refractivity contribution < 1.29 is 4.79 Å². The number of allylic oxidation sites excluding steroid dienone is 6. The molecule has 0 atom stereocenters. The summed E-state index contributed by atoms with van der Waals surface area (Å²) in [5, 5.41) is 0.700. The largest absolute Gasteiger partial charge is 0.325 e. The van der Waals surface area contributed by atoms with Crippen LogP contribution in [-0.4, -0.2) is 22.3 Å². The first-order chi connectivity index (χ1) is 15.1. The highest BCUT2D eigenvalue weighted by Gasteiger charge is 2.24. The Labute approximate surface area is 183 Å². The molecule has 1 N–H and O–H groups in total. The van der Waals surface area contributed by atoms with Gasteiger partial charge in [0.05, 0.1) is 17.0 Å². The predicted octanol–water partition coefficient (Wildman–Crippen LogP) is 5.00. The molecular formula is C25H18ClN3O2. The Bertz CT molecular complexity index is 1340. The molecule has 31 heavy (non-hydrogen) atoms. The summed E-state index contributed by atoms with van der Waals surface area (Å²) in [6.07, 6.45) is 12.6. The van der Waals surface area contributed by atoms with E-state index in [1.165, 1.54) is 6.08 Å². The number of aromatic amines is 1. The number of nitrogens with one attached hydrogen (secondary N) is 1. The second-order valence-electron chi connectivity index (χ2n) is 7.46. The average molecular weight is 428 g/mol. The highest BCUT2D eigenvalue weighted by molar-refractivity contribution is 6.32. The summed E-state index contributed by atoms with van der Waals surface area (Å²) >= 11 is 6.31. The van der Waals surface area contributed by atoms with Gasteiger partial charge in [0, 0.05) is 28.3 Å². The summed E-state index contributed by atoms with van der Waals surface area (Å²) in [5.74, 6) is 0.0553. The minimum Gasteiger partial charge on any atom is -0.325 e. The van der Waals surface area contributed by atoms with E-state index in [-0.39, 0.29) is 5.56 Å². The molecule has 152 valence electrons. The van der Waals surface area contributed by atoms with Crippen molar-refractivity contribution >= 4 is 35.0 Å². The second kappa shape index (κ2) is 7.93. The first-order valence-corrected chi connectivity index (χ1v) is 10.4. The maximum absolute atomic E-state index is 13.2. The Morgan fingerprint density at radius 1 is 1.13 bits per heavy atom. The van der Waals surface area contributed by atoms with Crippen LogP contribution in [0.25, 0.3) is 17.2 Å². The molecule has 5 nitrogen and oxygen atoms in total. The van der Waals surface area contributed by atoms with Crippen LogP contribution in [0.1, 0.15) is 34.5 Å². The Balaban J connectivity index is 1.60. The van der Waals surface area contributed by atoms with E-state index in [1.54, 1.807) is 6.08 Å². The Morgan fingerprint density at radius 2 is 1.97 bits per heavy atom. The third kappa shape index (κ3) is 3.68. The number of amidine groups is 1. The van der Waals surface area contributed by atoms with E-state index in [4.69, 9.17) is 11.6 Å². The van der Waals surface area contributed by atoms with E-state index in [9.17, 15) is 9.59 Å². The number of rotatable bonds is 4. The van der Waals surface area contributed by atoms with Crippen LogP contribution in [0, 0.1) is 0 Å². The molecule has 0 saturated heterocycles. The van der Waals surface area contributed by atoms with Crippen LogP contribution in [0.15, 0.2) is 86.2 Å². The topological polar surface area (TPSA) is 74.7 Å².